The molecule has 1 N–H and O–H groups in total. The number of ether oxygens (including phenoxy) is 1. The number of hydrogen-bond acceptors (Lipinski definition) is 3. The van der Waals surface area contributed by atoms with Crippen molar-refractivity contribution < 1.29 is 9.53 Å². The summed E-state index contributed by atoms with van der Waals surface area (Å²) in [6.45, 7) is 6.72. The predicted molar refractivity (Wildman–Crippen MR) is 133 cm³/mol. The molecule has 2 aromatic carbocycles. The number of hydrogen-bond donors (Lipinski definition) is 1. The van der Waals surface area contributed by atoms with Crippen LogP contribution in [0.2, 0.25) is 0 Å². The first-order valence-corrected chi connectivity index (χ1v) is 11.7. The zero-order valence-electron chi connectivity index (χ0n) is 19.5. The largest absolute Gasteiger partial charge is 0.494 e. The van der Waals surface area contributed by atoms with E-state index in [-0.39, 0.29) is 11.9 Å². The molecule has 1 atom stereocenters. The molecule has 170 valence electrons. The molecule has 33 heavy (non-hydrogen) atoms. The van der Waals surface area contributed by atoms with E-state index in [9.17, 15) is 4.79 Å². The molecule has 0 saturated heterocycles. The number of nitrogens with zero attached hydrogens (tertiary/aromatic N) is 2. The van der Waals surface area contributed by atoms with Crippen molar-refractivity contribution in [3.8, 4) is 28.1 Å². The number of nitrogens with one attached hydrogen (secondary N) is 1. The van der Waals surface area contributed by atoms with Gasteiger partial charge < -0.3 is 14.5 Å². The summed E-state index contributed by atoms with van der Waals surface area (Å²) < 4.78 is 7.81. The Morgan fingerprint density at radius 2 is 1.79 bits per heavy atom. The lowest BCUT2D eigenvalue weighted by atomic mass is 10.1. The third kappa shape index (κ3) is 5.25. The van der Waals surface area contributed by atoms with Crippen LogP contribution in [0.25, 0.3) is 28.0 Å². The summed E-state index contributed by atoms with van der Waals surface area (Å²) in [5.41, 5.74) is 6.05. The van der Waals surface area contributed by atoms with Gasteiger partial charge in [0.15, 0.2) is 0 Å². The molecule has 1 amide bonds. The van der Waals surface area contributed by atoms with Crippen LogP contribution in [0.4, 0.5) is 0 Å². The average molecular weight is 442 g/mol. The maximum atomic E-state index is 12.5. The minimum Gasteiger partial charge on any atom is -0.494 e. The molecule has 0 aliphatic heterocycles. The number of aromatic nitrogens is 2. The fraction of sp³-hybridized carbons (Fsp3) is 0.286. The van der Waals surface area contributed by atoms with E-state index in [4.69, 9.17) is 9.72 Å². The molecule has 4 aromatic rings. The third-order valence-electron chi connectivity index (χ3n) is 5.85. The highest BCUT2D eigenvalue weighted by Crippen LogP contribution is 2.29. The summed E-state index contributed by atoms with van der Waals surface area (Å²) in [6.07, 6.45) is 4.06. The van der Waals surface area contributed by atoms with Crippen molar-refractivity contribution in [2.75, 3.05) is 6.61 Å². The number of imidazole rings is 1. The molecule has 0 saturated carbocycles. The van der Waals surface area contributed by atoms with E-state index < -0.39 is 0 Å². The zero-order chi connectivity index (χ0) is 23.2. The van der Waals surface area contributed by atoms with Crippen LogP contribution < -0.4 is 10.1 Å². The third-order valence-corrected chi connectivity index (χ3v) is 5.85. The highest BCUT2D eigenvalue weighted by atomic mass is 16.5. The standard InChI is InChI=1S/C28H31N3O2/c1-4-20(3)29-27(32)17-15-25-28(21-10-7-6-8-11-21)30-26-16-14-23(19-31(25)26)22-12-9-13-24(18-22)33-5-2/h6-14,16,18-20H,4-5,15,17H2,1-3H3,(H,29,32). The van der Waals surface area contributed by atoms with E-state index in [1.165, 1.54) is 0 Å². The van der Waals surface area contributed by atoms with Crippen LogP contribution in [-0.4, -0.2) is 27.9 Å². The average Bonchev–Trinajstić information content (AvgIpc) is 3.21. The van der Waals surface area contributed by atoms with Gasteiger partial charge in [-0.1, -0.05) is 49.4 Å². The van der Waals surface area contributed by atoms with E-state index in [2.05, 4.69) is 53.2 Å². The number of fused-ring (bicyclic) bond motifs is 1. The summed E-state index contributed by atoms with van der Waals surface area (Å²) in [6, 6.07) is 22.6. The molecule has 0 bridgehead atoms. The fourth-order valence-corrected chi connectivity index (χ4v) is 3.94. The van der Waals surface area contributed by atoms with E-state index >= 15 is 0 Å². The van der Waals surface area contributed by atoms with E-state index in [0.717, 1.165) is 45.9 Å². The number of aryl methyl sites for hydroxylation is 1. The minimum absolute atomic E-state index is 0.0684. The van der Waals surface area contributed by atoms with Gasteiger partial charge >= 0.3 is 0 Å². The normalized spacial score (nSPS) is 12.0. The topological polar surface area (TPSA) is 55.6 Å². The van der Waals surface area contributed by atoms with Crippen LogP contribution in [-0.2, 0) is 11.2 Å². The van der Waals surface area contributed by atoms with Crippen molar-refractivity contribution in [2.45, 2.75) is 46.1 Å². The van der Waals surface area contributed by atoms with Crippen molar-refractivity contribution >= 4 is 11.6 Å². The van der Waals surface area contributed by atoms with Gasteiger partial charge in [0.05, 0.1) is 18.0 Å². The van der Waals surface area contributed by atoms with Crippen LogP contribution in [0.1, 0.15) is 39.3 Å². The molecule has 0 aliphatic rings. The van der Waals surface area contributed by atoms with Gasteiger partial charge in [-0.05, 0) is 62.1 Å². The van der Waals surface area contributed by atoms with Crippen LogP contribution in [0.15, 0.2) is 72.9 Å². The Morgan fingerprint density at radius 3 is 2.55 bits per heavy atom. The molecular weight excluding hydrogens is 410 g/mol. The number of rotatable bonds is 9. The first-order valence-electron chi connectivity index (χ1n) is 11.7. The van der Waals surface area contributed by atoms with Crippen molar-refractivity contribution in [3.63, 3.8) is 0 Å². The lowest BCUT2D eigenvalue weighted by Gasteiger charge is -2.12. The number of amides is 1. The number of benzene rings is 2. The smallest absolute Gasteiger partial charge is 0.220 e. The van der Waals surface area contributed by atoms with Crippen molar-refractivity contribution in [1.82, 2.24) is 14.7 Å². The van der Waals surface area contributed by atoms with Gasteiger partial charge in [0.2, 0.25) is 5.91 Å². The Balaban J connectivity index is 1.74. The highest BCUT2D eigenvalue weighted by Gasteiger charge is 2.16. The second kappa shape index (κ2) is 10.3. The van der Waals surface area contributed by atoms with Crippen molar-refractivity contribution in [1.29, 1.82) is 0 Å². The summed E-state index contributed by atoms with van der Waals surface area (Å²) in [5.74, 6) is 0.923. The van der Waals surface area contributed by atoms with Gasteiger partial charge in [-0.3, -0.25) is 4.79 Å². The number of carbonyl (C=O) groups is 1. The van der Waals surface area contributed by atoms with Gasteiger partial charge in [0.25, 0.3) is 0 Å². The number of carbonyl (C=O) groups excluding carboxylic acids is 1. The second-order valence-electron chi connectivity index (χ2n) is 8.26. The maximum absolute atomic E-state index is 12.5. The summed E-state index contributed by atoms with van der Waals surface area (Å²) in [5, 5.41) is 3.07. The van der Waals surface area contributed by atoms with Gasteiger partial charge in [0, 0.05) is 24.2 Å². The zero-order valence-corrected chi connectivity index (χ0v) is 19.5. The van der Waals surface area contributed by atoms with Crippen LogP contribution >= 0.6 is 0 Å². The highest BCUT2D eigenvalue weighted by molar-refractivity contribution is 5.77. The van der Waals surface area contributed by atoms with Crippen LogP contribution in [0.3, 0.4) is 0 Å². The Labute approximate surface area is 195 Å². The van der Waals surface area contributed by atoms with Crippen LogP contribution in [0.5, 0.6) is 5.75 Å². The van der Waals surface area contributed by atoms with Gasteiger partial charge in [-0.15, -0.1) is 0 Å². The molecule has 0 aliphatic carbocycles. The first kappa shape index (κ1) is 22.6. The van der Waals surface area contributed by atoms with Gasteiger partial charge in [-0.25, -0.2) is 4.98 Å². The Morgan fingerprint density at radius 1 is 1.00 bits per heavy atom. The second-order valence-corrected chi connectivity index (χ2v) is 8.26. The Kier molecular flexibility index (Phi) is 7.08. The Bertz CT molecular complexity index is 1230. The van der Waals surface area contributed by atoms with E-state index in [1.54, 1.807) is 0 Å². The Hall–Kier alpha value is -3.60. The molecule has 4 rings (SSSR count). The molecule has 5 nitrogen and oxygen atoms in total. The fourth-order valence-electron chi connectivity index (χ4n) is 3.94. The molecule has 0 radical (unpaired) electrons. The number of pyridine rings is 1. The minimum atomic E-state index is 0.0684. The summed E-state index contributed by atoms with van der Waals surface area (Å²) in [7, 11) is 0. The molecule has 1 unspecified atom stereocenters. The van der Waals surface area contributed by atoms with Crippen molar-refractivity contribution in [2.24, 2.45) is 0 Å². The molecule has 0 spiro atoms. The molecule has 2 aromatic heterocycles. The van der Waals surface area contributed by atoms with E-state index in [0.29, 0.717) is 19.4 Å². The van der Waals surface area contributed by atoms with Gasteiger partial charge in [-0.2, -0.15) is 0 Å². The summed E-state index contributed by atoms with van der Waals surface area (Å²) >= 11 is 0. The molecule has 0 fully saturated rings. The predicted octanol–water partition coefficient (Wildman–Crippen LogP) is 5.91. The van der Waals surface area contributed by atoms with Gasteiger partial charge in [0.1, 0.15) is 11.4 Å². The lowest BCUT2D eigenvalue weighted by Crippen LogP contribution is -2.32. The van der Waals surface area contributed by atoms with Crippen molar-refractivity contribution in [3.05, 3.63) is 78.6 Å². The quantitative estimate of drug-likeness (QED) is 0.351. The van der Waals surface area contributed by atoms with Crippen LogP contribution in [0, 0.1) is 0 Å². The first-order chi connectivity index (χ1) is 16.1. The monoisotopic (exact) mass is 441 g/mol. The molecule has 5 heteroatoms. The molecule has 2 heterocycles. The lowest BCUT2D eigenvalue weighted by molar-refractivity contribution is -0.121. The van der Waals surface area contributed by atoms with E-state index in [1.807, 2.05) is 50.2 Å². The SMILES string of the molecule is CCOc1cccc(-c2ccc3nc(-c4ccccc4)c(CCC(=O)NC(C)CC)n3c2)c1. The summed E-state index contributed by atoms with van der Waals surface area (Å²) in [4.78, 5) is 17.5. The maximum Gasteiger partial charge on any atom is 0.220 e. The molecular formula is C28H31N3O2.